The van der Waals surface area contributed by atoms with Gasteiger partial charge in [-0.1, -0.05) is 29.7 Å². The molecule has 0 bridgehead atoms. The zero-order valence-corrected chi connectivity index (χ0v) is 18.5. The highest BCUT2D eigenvalue weighted by Crippen LogP contribution is 2.34. The second-order valence-corrected chi connectivity index (χ2v) is 10.4. The van der Waals surface area contributed by atoms with E-state index in [-0.39, 0.29) is 0 Å². The summed E-state index contributed by atoms with van der Waals surface area (Å²) < 4.78 is 33.2. The van der Waals surface area contributed by atoms with Gasteiger partial charge < -0.3 is 9.42 Å². The van der Waals surface area contributed by atoms with Gasteiger partial charge in [-0.05, 0) is 31.2 Å². The molecule has 1 aliphatic rings. The standard InChI is InChI=1S/C19H21ClN4O3S2/c1-3-18-21-19(22-27-18)16-12-17(13(2)28-16)29(25,26)24-9-7-23(8-10-24)15-6-4-5-14(20)11-15/h4-6,11-12H,3,7-10H2,1-2H3. The Hall–Kier alpha value is -1.94. The fraction of sp³-hybridized carbons (Fsp3) is 0.368. The molecule has 1 fully saturated rings. The lowest BCUT2D eigenvalue weighted by molar-refractivity contribution is 0.382. The van der Waals surface area contributed by atoms with E-state index in [4.69, 9.17) is 16.1 Å². The molecule has 154 valence electrons. The van der Waals surface area contributed by atoms with Crippen LogP contribution in [0.5, 0.6) is 0 Å². The van der Waals surface area contributed by atoms with Crippen LogP contribution in [0.1, 0.15) is 17.7 Å². The van der Waals surface area contributed by atoms with Gasteiger partial charge in [0.1, 0.15) is 0 Å². The number of aryl methyl sites for hydroxylation is 2. The van der Waals surface area contributed by atoms with Crippen LogP contribution in [0.25, 0.3) is 10.7 Å². The zero-order valence-electron chi connectivity index (χ0n) is 16.1. The lowest BCUT2D eigenvalue weighted by Gasteiger charge is -2.35. The van der Waals surface area contributed by atoms with Gasteiger partial charge in [0.25, 0.3) is 0 Å². The Morgan fingerprint density at radius 3 is 2.62 bits per heavy atom. The van der Waals surface area contributed by atoms with Crippen LogP contribution in [-0.2, 0) is 16.4 Å². The van der Waals surface area contributed by atoms with E-state index in [1.54, 1.807) is 10.4 Å². The number of rotatable bonds is 5. The molecule has 1 aromatic carbocycles. The topological polar surface area (TPSA) is 79.5 Å². The summed E-state index contributed by atoms with van der Waals surface area (Å²) >= 11 is 7.44. The molecule has 0 unspecified atom stereocenters. The van der Waals surface area contributed by atoms with Crippen LogP contribution in [0, 0.1) is 6.92 Å². The van der Waals surface area contributed by atoms with E-state index >= 15 is 0 Å². The summed E-state index contributed by atoms with van der Waals surface area (Å²) in [7, 11) is -3.59. The van der Waals surface area contributed by atoms with E-state index in [0.29, 0.717) is 59.1 Å². The Kier molecular flexibility index (Phi) is 5.65. The molecule has 0 saturated carbocycles. The first-order valence-corrected chi connectivity index (χ1v) is 12.0. The van der Waals surface area contributed by atoms with Gasteiger partial charge in [0.2, 0.25) is 21.7 Å². The van der Waals surface area contributed by atoms with Gasteiger partial charge in [-0.3, -0.25) is 0 Å². The van der Waals surface area contributed by atoms with Crippen LogP contribution in [-0.4, -0.2) is 49.0 Å². The molecule has 0 spiro atoms. The van der Waals surface area contributed by atoms with Crippen molar-refractivity contribution in [2.75, 3.05) is 31.1 Å². The number of thiophene rings is 1. The van der Waals surface area contributed by atoms with Crippen molar-refractivity contribution in [3.8, 4) is 10.7 Å². The van der Waals surface area contributed by atoms with Crippen molar-refractivity contribution in [3.05, 3.63) is 46.1 Å². The van der Waals surface area contributed by atoms with Gasteiger partial charge >= 0.3 is 0 Å². The van der Waals surface area contributed by atoms with Gasteiger partial charge in [-0.25, -0.2) is 8.42 Å². The molecule has 1 aliphatic heterocycles. The number of halogens is 1. The monoisotopic (exact) mass is 452 g/mol. The molecule has 4 rings (SSSR count). The third-order valence-corrected chi connectivity index (χ3v) is 8.33. The number of piperazine rings is 1. The number of hydrogen-bond donors (Lipinski definition) is 0. The molecule has 0 amide bonds. The molecule has 0 atom stereocenters. The van der Waals surface area contributed by atoms with Crippen LogP contribution >= 0.6 is 22.9 Å². The Bertz CT molecular complexity index is 1120. The summed E-state index contributed by atoms with van der Waals surface area (Å²) in [5, 5.41) is 4.63. The maximum atomic E-state index is 13.2. The van der Waals surface area contributed by atoms with Crippen molar-refractivity contribution in [1.82, 2.24) is 14.4 Å². The summed E-state index contributed by atoms with van der Waals surface area (Å²) in [6.45, 7) is 5.80. The quantitative estimate of drug-likeness (QED) is 0.585. The van der Waals surface area contributed by atoms with Crippen LogP contribution in [0.2, 0.25) is 5.02 Å². The minimum absolute atomic E-state index is 0.316. The van der Waals surface area contributed by atoms with Crippen molar-refractivity contribution < 1.29 is 12.9 Å². The van der Waals surface area contributed by atoms with E-state index in [1.807, 2.05) is 38.1 Å². The Balaban J connectivity index is 1.52. The van der Waals surface area contributed by atoms with Crippen LogP contribution in [0.15, 0.2) is 39.8 Å². The van der Waals surface area contributed by atoms with Gasteiger partial charge in [0.05, 0.1) is 9.77 Å². The molecule has 29 heavy (non-hydrogen) atoms. The largest absolute Gasteiger partial charge is 0.369 e. The molecule has 0 N–H and O–H groups in total. The van der Waals surface area contributed by atoms with E-state index < -0.39 is 10.0 Å². The summed E-state index contributed by atoms with van der Waals surface area (Å²) in [5.74, 6) is 0.967. The van der Waals surface area contributed by atoms with Crippen LogP contribution < -0.4 is 4.90 Å². The molecule has 3 heterocycles. The van der Waals surface area contributed by atoms with Crippen molar-refractivity contribution in [3.63, 3.8) is 0 Å². The average Bonchev–Trinajstić information content (AvgIpc) is 3.35. The molecule has 1 saturated heterocycles. The van der Waals surface area contributed by atoms with Crippen LogP contribution in [0.3, 0.4) is 0 Å². The summed E-state index contributed by atoms with van der Waals surface area (Å²) in [6.07, 6.45) is 0.638. The van der Waals surface area contributed by atoms with Gasteiger partial charge in [0.15, 0.2) is 0 Å². The third kappa shape index (κ3) is 4.05. The number of anilines is 1. The number of benzene rings is 1. The van der Waals surface area contributed by atoms with Crippen molar-refractivity contribution in [1.29, 1.82) is 0 Å². The first kappa shape index (κ1) is 20.3. The highest BCUT2D eigenvalue weighted by atomic mass is 35.5. The Labute approximate surface area is 179 Å². The van der Waals surface area contributed by atoms with Gasteiger partial charge in [-0.2, -0.15) is 9.29 Å². The second kappa shape index (κ2) is 8.06. The van der Waals surface area contributed by atoms with E-state index in [0.717, 1.165) is 10.6 Å². The zero-order chi connectivity index (χ0) is 20.6. The smallest absolute Gasteiger partial charge is 0.244 e. The summed E-state index contributed by atoms with van der Waals surface area (Å²) in [5.41, 5.74) is 1.01. The maximum Gasteiger partial charge on any atom is 0.244 e. The highest BCUT2D eigenvalue weighted by Gasteiger charge is 2.31. The summed E-state index contributed by atoms with van der Waals surface area (Å²) in [4.78, 5) is 8.19. The van der Waals surface area contributed by atoms with E-state index in [1.165, 1.54) is 11.3 Å². The summed E-state index contributed by atoms with van der Waals surface area (Å²) in [6, 6.07) is 9.27. The Morgan fingerprint density at radius 2 is 1.97 bits per heavy atom. The predicted octanol–water partition coefficient (Wildman–Crippen LogP) is 3.83. The van der Waals surface area contributed by atoms with Crippen LogP contribution in [0.4, 0.5) is 5.69 Å². The molecular formula is C19H21ClN4O3S2. The fourth-order valence-corrected chi connectivity index (χ4v) is 6.42. The van der Waals surface area contributed by atoms with Crippen molar-refractivity contribution in [2.24, 2.45) is 0 Å². The number of nitrogens with zero attached hydrogens (tertiary/aromatic N) is 4. The third-order valence-electron chi connectivity index (χ3n) is 4.89. The molecule has 0 aliphatic carbocycles. The predicted molar refractivity (Wildman–Crippen MR) is 114 cm³/mol. The van der Waals surface area contributed by atoms with Gasteiger partial charge in [-0.15, -0.1) is 11.3 Å². The maximum absolute atomic E-state index is 13.2. The van der Waals surface area contributed by atoms with E-state index in [9.17, 15) is 8.42 Å². The molecule has 0 radical (unpaired) electrons. The molecule has 3 aromatic rings. The molecule has 10 heteroatoms. The highest BCUT2D eigenvalue weighted by molar-refractivity contribution is 7.89. The second-order valence-electron chi connectivity index (χ2n) is 6.77. The molecule has 2 aromatic heterocycles. The minimum atomic E-state index is -3.59. The minimum Gasteiger partial charge on any atom is -0.369 e. The lowest BCUT2D eigenvalue weighted by Crippen LogP contribution is -2.48. The molecule has 7 nitrogen and oxygen atoms in total. The first-order chi connectivity index (χ1) is 13.9. The number of sulfonamides is 1. The average molecular weight is 453 g/mol. The van der Waals surface area contributed by atoms with Crippen molar-refractivity contribution in [2.45, 2.75) is 25.2 Å². The number of aromatic nitrogens is 2. The number of hydrogen-bond acceptors (Lipinski definition) is 7. The lowest BCUT2D eigenvalue weighted by atomic mass is 10.2. The van der Waals surface area contributed by atoms with Gasteiger partial charge in [0, 0.05) is 48.2 Å². The molecular weight excluding hydrogens is 432 g/mol. The first-order valence-electron chi connectivity index (χ1n) is 9.32. The fourth-order valence-electron chi connectivity index (χ4n) is 3.33. The normalized spacial score (nSPS) is 15.8. The SMILES string of the molecule is CCc1nc(-c2cc(S(=O)(=O)N3CCN(c4cccc(Cl)c4)CC3)c(C)s2)no1. The Morgan fingerprint density at radius 1 is 1.21 bits per heavy atom. The van der Waals surface area contributed by atoms with E-state index in [2.05, 4.69) is 15.0 Å². The van der Waals surface area contributed by atoms with Crippen molar-refractivity contribution >= 4 is 38.6 Å².